The molecule has 1 aromatic carbocycles. The summed E-state index contributed by atoms with van der Waals surface area (Å²) in [5, 5.41) is 15.6. The number of nitrogens with zero attached hydrogens (tertiary/aromatic N) is 4. The lowest BCUT2D eigenvalue weighted by atomic mass is 9.94. The minimum absolute atomic E-state index is 0.0307. The fourth-order valence-corrected chi connectivity index (χ4v) is 4.02. The van der Waals surface area contributed by atoms with Crippen LogP contribution in [0.25, 0.3) is 5.76 Å². The number of rotatable bonds is 7. The average Bonchev–Trinajstić information content (AvgIpc) is 3.12. The highest BCUT2D eigenvalue weighted by molar-refractivity contribution is 6.46. The van der Waals surface area contributed by atoms with Crippen molar-refractivity contribution in [2.45, 2.75) is 39.8 Å². The van der Waals surface area contributed by atoms with Crippen LogP contribution in [0.15, 0.2) is 29.8 Å². The van der Waals surface area contributed by atoms with Gasteiger partial charge in [-0.25, -0.2) is 0 Å². The van der Waals surface area contributed by atoms with Crippen molar-refractivity contribution in [2.24, 2.45) is 7.05 Å². The number of aliphatic hydroxyl groups excluding tert-OH is 1. The van der Waals surface area contributed by atoms with E-state index in [1.54, 1.807) is 18.7 Å². The van der Waals surface area contributed by atoms with Gasteiger partial charge in [-0.05, 0) is 59.5 Å². The van der Waals surface area contributed by atoms with Crippen molar-refractivity contribution in [3.05, 3.63) is 52.4 Å². The van der Waals surface area contributed by atoms with E-state index in [9.17, 15) is 14.7 Å². The Morgan fingerprint density at radius 1 is 1.19 bits per heavy atom. The van der Waals surface area contributed by atoms with E-state index in [0.29, 0.717) is 30.1 Å². The van der Waals surface area contributed by atoms with Gasteiger partial charge >= 0.3 is 0 Å². The number of likely N-dealkylation sites (tertiary alicyclic amines) is 1. The Bertz CT molecular complexity index is 1050. The van der Waals surface area contributed by atoms with Crippen molar-refractivity contribution in [2.75, 3.05) is 27.2 Å². The van der Waals surface area contributed by atoms with Gasteiger partial charge in [-0.3, -0.25) is 14.3 Å². The molecule has 8 nitrogen and oxygen atoms in total. The van der Waals surface area contributed by atoms with Crippen molar-refractivity contribution in [3.63, 3.8) is 0 Å². The summed E-state index contributed by atoms with van der Waals surface area (Å²) < 4.78 is 7.38. The van der Waals surface area contributed by atoms with Crippen LogP contribution in [0, 0.1) is 13.8 Å². The molecule has 3 rings (SSSR count). The number of aliphatic hydroxyl groups is 1. The van der Waals surface area contributed by atoms with Gasteiger partial charge in [-0.1, -0.05) is 12.1 Å². The number of likely N-dealkylation sites (N-methyl/N-ethyl adjacent to an activating group) is 1. The Kier molecular flexibility index (Phi) is 6.74. The molecule has 1 saturated heterocycles. The Morgan fingerprint density at radius 2 is 1.81 bits per heavy atom. The predicted octanol–water partition coefficient (Wildman–Crippen LogP) is 2.81. The SMILES string of the molecule is Cc1nn(C)c(C)c1/C(O)=C1\C(=O)C(=O)N(CCN(C)C)[C@@H]1c1ccc(OC(C)C)cc1. The summed E-state index contributed by atoms with van der Waals surface area (Å²) in [6.45, 7) is 8.43. The Morgan fingerprint density at radius 3 is 2.31 bits per heavy atom. The molecule has 1 aromatic heterocycles. The lowest BCUT2D eigenvalue weighted by molar-refractivity contribution is -0.140. The minimum atomic E-state index is -0.693. The molecule has 8 heteroatoms. The maximum Gasteiger partial charge on any atom is 0.295 e. The molecule has 0 radical (unpaired) electrons. The van der Waals surface area contributed by atoms with Gasteiger partial charge in [-0.2, -0.15) is 5.10 Å². The number of ether oxygens (including phenoxy) is 1. The number of benzene rings is 1. The predicted molar refractivity (Wildman–Crippen MR) is 122 cm³/mol. The number of hydrogen-bond donors (Lipinski definition) is 1. The maximum atomic E-state index is 13.1. The molecular weight excluding hydrogens is 408 g/mol. The van der Waals surface area contributed by atoms with Gasteiger partial charge in [0.05, 0.1) is 29.0 Å². The first-order chi connectivity index (χ1) is 15.0. The van der Waals surface area contributed by atoms with Gasteiger partial charge in [-0.15, -0.1) is 0 Å². The standard InChI is InChI=1S/C24H32N4O4/c1-14(2)32-18-10-8-17(9-11-18)21-20(22(29)19-15(3)25-27(7)16(19)4)23(30)24(31)28(21)13-12-26(5)6/h8-11,14,21,29H,12-13H2,1-7H3/b22-20+/t21-/m1/s1. The molecule has 172 valence electrons. The molecule has 1 amide bonds. The number of Topliss-reactive ketones (excluding diaryl/α,β-unsaturated/α-hetero) is 1. The number of hydrogen-bond acceptors (Lipinski definition) is 6. The van der Waals surface area contributed by atoms with E-state index in [1.165, 1.54) is 4.90 Å². The van der Waals surface area contributed by atoms with Gasteiger partial charge in [0.2, 0.25) is 0 Å². The summed E-state index contributed by atoms with van der Waals surface area (Å²) in [7, 11) is 5.59. The van der Waals surface area contributed by atoms with Crippen LogP contribution in [0.1, 0.15) is 42.4 Å². The number of carbonyl (C=O) groups is 2. The Labute approximate surface area is 189 Å². The normalized spacial score (nSPS) is 18.3. The maximum absolute atomic E-state index is 13.1. The van der Waals surface area contributed by atoms with E-state index >= 15 is 0 Å². The second-order valence-corrected chi connectivity index (χ2v) is 8.70. The summed E-state index contributed by atoms with van der Waals surface area (Å²) in [4.78, 5) is 29.6. The van der Waals surface area contributed by atoms with Crippen LogP contribution in [0.4, 0.5) is 0 Å². The Balaban J connectivity index is 2.15. The highest BCUT2D eigenvalue weighted by Crippen LogP contribution is 2.40. The first-order valence-corrected chi connectivity index (χ1v) is 10.7. The number of aromatic nitrogens is 2. The van der Waals surface area contributed by atoms with Gasteiger partial charge in [0.25, 0.3) is 11.7 Å². The number of ketones is 1. The van der Waals surface area contributed by atoms with E-state index in [4.69, 9.17) is 4.74 Å². The molecule has 2 aromatic rings. The highest BCUT2D eigenvalue weighted by Gasteiger charge is 2.46. The molecule has 1 N–H and O–H groups in total. The van der Waals surface area contributed by atoms with Crippen LogP contribution in [0.3, 0.4) is 0 Å². The summed E-state index contributed by atoms with van der Waals surface area (Å²) >= 11 is 0. The third-order valence-electron chi connectivity index (χ3n) is 5.64. The van der Waals surface area contributed by atoms with Crippen molar-refractivity contribution in [1.29, 1.82) is 0 Å². The number of amides is 1. The zero-order valence-corrected chi connectivity index (χ0v) is 19.8. The second-order valence-electron chi connectivity index (χ2n) is 8.70. The van der Waals surface area contributed by atoms with Crippen LogP contribution in [0.2, 0.25) is 0 Å². The zero-order valence-electron chi connectivity index (χ0n) is 19.8. The fourth-order valence-electron chi connectivity index (χ4n) is 4.02. The summed E-state index contributed by atoms with van der Waals surface area (Å²) in [6.07, 6.45) is 0.0307. The third kappa shape index (κ3) is 4.41. The highest BCUT2D eigenvalue weighted by atomic mass is 16.5. The molecule has 0 saturated carbocycles. The van der Waals surface area contributed by atoms with Crippen LogP contribution in [-0.4, -0.2) is 69.7 Å². The molecule has 1 aliphatic rings. The lowest BCUT2D eigenvalue weighted by Crippen LogP contribution is -2.35. The van der Waals surface area contributed by atoms with E-state index in [1.807, 2.05) is 64.0 Å². The monoisotopic (exact) mass is 440 g/mol. The van der Waals surface area contributed by atoms with Crippen LogP contribution < -0.4 is 4.74 Å². The molecule has 0 aliphatic carbocycles. The quantitative estimate of drug-likeness (QED) is 0.405. The molecule has 1 atom stereocenters. The van der Waals surface area contributed by atoms with Gasteiger partial charge in [0.15, 0.2) is 0 Å². The number of carbonyl (C=O) groups excluding carboxylic acids is 2. The molecule has 32 heavy (non-hydrogen) atoms. The first-order valence-electron chi connectivity index (χ1n) is 10.7. The zero-order chi connectivity index (χ0) is 23.7. The van der Waals surface area contributed by atoms with E-state index < -0.39 is 17.7 Å². The van der Waals surface area contributed by atoms with E-state index in [0.717, 1.165) is 11.3 Å². The molecular formula is C24H32N4O4. The van der Waals surface area contributed by atoms with Gasteiger partial charge < -0.3 is 19.6 Å². The number of aryl methyl sites for hydroxylation is 2. The average molecular weight is 441 g/mol. The minimum Gasteiger partial charge on any atom is -0.507 e. The van der Waals surface area contributed by atoms with Crippen molar-refractivity contribution < 1.29 is 19.4 Å². The van der Waals surface area contributed by atoms with Gasteiger partial charge in [0, 0.05) is 25.8 Å². The van der Waals surface area contributed by atoms with E-state index in [2.05, 4.69) is 5.10 Å². The summed E-state index contributed by atoms with van der Waals surface area (Å²) in [6, 6.07) is 6.63. The van der Waals surface area contributed by atoms with Crippen molar-refractivity contribution in [1.82, 2.24) is 19.6 Å². The van der Waals surface area contributed by atoms with Crippen LogP contribution in [0.5, 0.6) is 5.75 Å². The first kappa shape index (κ1) is 23.5. The smallest absolute Gasteiger partial charge is 0.295 e. The van der Waals surface area contributed by atoms with Crippen molar-refractivity contribution in [3.8, 4) is 5.75 Å². The molecule has 0 bridgehead atoms. The van der Waals surface area contributed by atoms with Crippen LogP contribution >= 0.6 is 0 Å². The topological polar surface area (TPSA) is 87.9 Å². The lowest BCUT2D eigenvalue weighted by Gasteiger charge is -2.26. The van der Waals surface area contributed by atoms with Crippen LogP contribution in [-0.2, 0) is 16.6 Å². The second kappa shape index (κ2) is 9.16. The largest absolute Gasteiger partial charge is 0.507 e. The fraction of sp³-hybridized carbons (Fsp3) is 0.458. The van der Waals surface area contributed by atoms with E-state index in [-0.39, 0.29) is 17.4 Å². The molecule has 0 spiro atoms. The Hall–Kier alpha value is -3.13. The molecule has 2 heterocycles. The molecule has 0 unspecified atom stereocenters. The molecule has 1 fully saturated rings. The summed E-state index contributed by atoms with van der Waals surface area (Å²) in [5.74, 6) is -0.782. The molecule has 1 aliphatic heterocycles. The van der Waals surface area contributed by atoms with Crippen molar-refractivity contribution >= 4 is 17.4 Å². The van der Waals surface area contributed by atoms with Gasteiger partial charge in [0.1, 0.15) is 11.5 Å². The summed E-state index contributed by atoms with van der Waals surface area (Å²) in [5.41, 5.74) is 2.63. The third-order valence-corrected chi connectivity index (χ3v) is 5.64.